The number of nitrogens with one attached hydrogen (secondary N) is 1. The van der Waals surface area contributed by atoms with Gasteiger partial charge in [-0.15, -0.1) is 0 Å². The molecule has 0 aliphatic heterocycles. The lowest BCUT2D eigenvalue weighted by molar-refractivity contribution is -0.138. The Hall–Kier alpha value is -2.76. The molecule has 6 heteroatoms. The predicted molar refractivity (Wildman–Crippen MR) is 75.1 cm³/mol. The fourth-order valence-corrected chi connectivity index (χ4v) is 1.93. The van der Waals surface area contributed by atoms with Crippen molar-refractivity contribution in [3.63, 3.8) is 0 Å². The molecule has 0 fully saturated rings. The van der Waals surface area contributed by atoms with Crippen molar-refractivity contribution >= 4 is 11.7 Å². The van der Waals surface area contributed by atoms with E-state index in [1.54, 1.807) is 24.3 Å². The number of hydrogen-bond donors (Lipinski definition) is 3. The Morgan fingerprint density at radius 3 is 2.67 bits per heavy atom. The molecule has 3 N–H and O–H groups in total. The third-order valence-electron chi connectivity index (χ3n) is 2.87. The van der Waals surface area contributed by atoms with Crippen LogP contribution in [0.3, 0.4) is 0 Å². The molecule has 0 aliphatic carbocycles. The number of carbonyl (C=O) groups is 1. The zero-order valence-electron chi connectivity index (χ0n) is 11.2. The third-order valence-corrected chi connectivity index (χ3v) is 2.87. The maximum atomic E-state index is 13.3. The maximum absolute atomic E-state index is 13.3. The molecule has 0 saturated heterocycles. The number of aromatic hydroxyl groups is 1. The summed E-state index contributed by atoms with van der Waals surface area (Å²) in [6.07, 6.45) is 0. The first-order valence-corrected chi connectivity index (χ1v) is 6.12. The van der Waals surface area contributed by atoms with Gasteiger partial charge in [0.05, 0.1) is 7.11 Å². The van der Waals surface area contributed by atoms with Crippen molar-refractivity contribution in [2.24, 2.45) is 0 Å². The molecule has 0 radical (unpaired) electrons. The Balaban J connectivity index is 2.32. The molecule has 110 valence electrons. The summed E-state index contributed by atoms with van der Waals surface area (Å²) in [7, 11) is 1.50. The number of hydrogen-bond acceptors (Lipinski definition) is 4. The van der Waals surface area contributed by atoms with Crippen molar-refractivity contribution in [2.75, 3.05) is 12.4 Å². The highest BCUT2D eigenvalue weighted by atomic mass is 19.1. The van der Waals surface area contributed by atoms with Gasteiger partial charge in [-0.05, 0) is 29.8 Å². The number of benzene rings is 2. The second-order valence-corrected chi connectivity index (χ2v) is 4.39. The SMILES string of the molecule is COc1cccc(NC(C(=O)O)c2cc(O)cc(F)c2)c1. The van der Waals surface area contributed by atoms with E-state index in [0.29, 0.717) is 11.4 Å². The van der Waals surface area contributed by atoms with E-state index < -0.39 is 17.8 Å². The highest BCUT2D eigenvalue weighted by Crippen LogP contribution is 2.26. The van der Waals surface area contributed by atoms with Crippen LogP contribution in [0, 0.1) is 5.82 Å². The minimum absolute atomic E-state index is 0.114. The van der Waals surface area contributed by atoms with Gasteiger partial charge in [-0.25, -0.2) is 9.18 Å². The number of rotatable bonds is 5. The molecule has 0 aromatic heterocycles. The highest BCUT2D eigenvalue weighted by Gasteiger charge is 2.21. The quantitative estimate of drug-likeness (QED) is 0.789. The summed E-state index contributed by atoms with van der Waals surface area (Å²) in [6, 6.07) is 8.68. The normalized spacial score (nSPS) is 11.7. The van der Waals surface area contributed by atoms with Gasteiger partial charge in [0.15, 0.2) is 6.04 Å². The van der Waals surface area contributed by atoms with E-state index >= 15 is 0 Å². The van der Waals surface area contributed by atoms with Crippen LogP contribution in [0.25, 0.3) is 0 Å². The monoisotopic (exact) mass is 291 g/mol. The smallest absolute Gasteiger partial charge is 0.330 e. The average molecular weight is 291 g/mol. The van der Waals surface area contributed by atoms with Gasteiger partial charge >= 0.3 is 5.97 Å². The van der Waals surface area contributed by atoms with Gasteiger partial charge in [-0.2, -0.15) is 0 Å². The molecule has 2 rings (SSSR count). The second-order valence-electron chi connectivity index (χ2n) is 4.39. The fraction of sp³-hybridized carbons (Fsp3) is 0.133. The second kappa shape index (κ2) is 6.13. The van der Waals surface area contributed by atoms with Crippen molar-refractivity contribution < 1.29 is 24.1 Å². The fourth-order valence-electron chi connectivity index (χ4n) is 1.93. The van der Waals surface area contributed by atoms with E-state index in [2.05, 4.69) is 5.32 Å². The number of halogens is 1. The highest BCUT2D eigenvalue weighted by molar-refractivity contribution is 5.79. The van der Waals surface area contributed by atoms with Crippen molar-refractivity contribution in [3.8, 4) is 11.5 Å². The Morgan fingerprint density at radius 1 is 1.29 bits per heavy atom. The summed E-state index contributed by atoms with van der Waals surface area (Å²) in [5, 5.41) is 21.5. The van der Waals surface area contributed by atoms with Gasteiger partial charge in [0.25, 0.3) is 0 Å². The van der Waals surface area contributed by atoms with Crippen LogP contribution >= 0.6 is 0 Å². The third kappa shape index (κ3) is 3.62. The zero-order chi connectivity index (χ0) is 15.4. The van der Waals surface area contributed by atoms with Gasteiger partial charge in [0.1, 0.15) is 17.3 Å². The zero-order valence-corrected chi connectivity index (χ0v) is 11.2. The van der Waals surface area contributed by atoms with Crippen LogP contribution in [0.4, 0.5) is 10.1 Å². The number of phenols is 1. The summed E-state index contributed by atoms with van der Waals surface area (Å²) in [4.78, 5) is 11.4. The molecular formula is C15H14FNO4. The molecule has 0 bridgehead atoms. The molecular weight excluding hydrogens is 277 g/mol. The lowest BCUT2D eigenvalue weighted by atomic mass is 10.1. The number of ether oxygens (including phenoxy) is 1. The Morgan fingerprint density at radius 2 is 2.05 bits per heavy atom. The minimum Gasteiger partial charge on any atom is -0.508 e. The molecule has 0 saturated carbocycles. The first-order chi connectivity index (χ1) is 9.99. The van der Waals surface area contributed by atoms with Crippen molar-refractivity contribution in [1.82, 2.24) is 0 Å². The summed E-state index contributed by atoms with van der Waals surface area (Å²) < 4.78 is 18.4. The van der Waals surface area contributed by atoms with Crippen molar-refractivity contribution in [3.05, 3.63) is 53.8 Å². The number of methoxy groups -OCH3 is 1. The lowest BCUT2D eigenvalue weighted by Crippen LogP contribution is -2.20. The Bertz CT molecular complexity index is 640. The molecule has 21 heavy (non-hydrogen) atoms. The standard InChI is InChI=1S/C15H14FNO4/c1-21-13-4-2-3-11(8-13)17-14(15(19)20)9-5-10(16)7-12(18)6-9/h2-8,14,17-18H,1H3,(H,19,20). The van der Waals surface area contributed by atoms with Crippen LogP contribution in [0.5, 0.6) is 11.5 Å². The van der Waals surface area contributed by atoms with Crippen LogP contribution in [-0.2, 0) is 4.79 Å². The van der Waals surface area contributed by atoms with Gasteiger partial charge in [0, 0.05) is 17.8 Å². The minimum atomic E-state index is -1.20. The number of phenolic OH excluding ortho intramolecular Hbond substituents is 1. The predicted octanol–water partition coefficient (Wildman–Crippen LogP) is 2.78. The molecule has 0 heterocycles. The Kier molecular flexibility index (Phi) is 4.27. The number of carboxylic acid groups (broad SMARTS) is 1. The molecule has 2 aromatic carbocycles. The molecule has 0 amide bonds. The molecule has 2 aromatic rings. The molecule has 5 nitrogen and oxygen atoms in total. The molecule has 0 aliphatic rings. The van der Waals surface area contributed by atoms with Crippen molar-refractivity contribution in [1.29, 1.82) is 0 Å². The van der Waals surface area contributed by atoms with E-state index in [1.165, 1.54) is 13.2 Å². The number of aliphatic carboxylic acids is 1. The van der Waals surface area contributed by atoms with E-state index in [4.69, 9.17) is 4.74 Å². The Labute approximate surface area is 120 Å². The van der Waals surface area contributed by atoms with Crippen LogP contribution in [0.2, 0.25) is 0 Å². The summed E-state index contributed by atoms with van der Waals surface area (Å²) >= 11 is 0. The van der Waals surface area contributed by atoms with Crippen molar-refractivity contribution in [2.45, 2.75) is 6.04 Å². The topological polar surface area (TPSA) is 78.8 Å². The number of anilines is 1. The largest absolute Gasteiger partial charge is 0.508 e. The summed E-state index contributed by atoms with van der Waals surface area (Å²) in [5.74, 6) is -1.67. The van der Waals surface area contributed by atoms with Crippen LogP contribution in [0.1, 0.15) is 11.6 Å². The first-order valence-electron chi connectivity index (χ1n) is 6.12. The van der Waals surface area contributed by atoms with E-state index in [0.717, 1.165) is 12.1 Å². The van der Waals surface area contributed by atoms with Gasteiger partial charge < -0.3 is 20.3 Å². The van der Waals surface area contributed by atoms with Gasteiger partial charge in [0.2, 0.25) is 0 Å². The summed E-state index contributed by atoms with van der Waals surface area (Å²) in [5.41, 5.74) is 0.619. The van der Waals surface area contributed by atoms with Crippen LogP contribution in [-0.4, -0.2) is 23.3 Å². The van der Waals surface area contributed by atoms with Crippen LogP contribution in [0.15, 0.2) is 42.5 Å². The number of carboxylic acids is 1. The summed E-state index contributed by atoms with van der Waals surface area (Å²) in [6.45, 7) is 0. The van der Waals surface area contributed by atoms with E-state index in [-0.39, 0.29) is 11.3 Å². The van der Waals surface area contributed by atoms with Gasteiger partial charge in [-0.1, -0.05) is 6.07 Å². The lowest BCUT2D eigenvalue weighted by Gasteiger charge is -2.17. The molecule has 1 atom stereocenters. The van der Waals surface area contributed by atoms with Crippen LogP contribution < -0.4 is 10.1 Å². The first kappa shape index (κ1) is 14.6. The maximum Gasteiger partial charge on any atom is 0.330 e. The van der Waals surface area contributed by atoms with Gasteiger partial charge in [-0.3, -0.25) is 0 Å². The van der Waals surface area contributed by atoms with E-state index in [1.807, 2.05) is 0 Å². The molecule has 0 spiro atoms. The van der Waals surface area contributed by atoms with E-state index in [9.17, 15) is 19.4 Å². The average Bonchev–Trinajstić information content (AvgIpc) is 2.43. The molecule has 1 unspecified atom stereocenters.